The third-order valence-electron chi connectivity index (χ3n) is 3.51. The molecule has 0 aliphatic carbocycles. The molecular formula is C18H17FN2. The Bertz CT molecular complexity index is 751. The first kappa shape index (κ1) is 13.4. The van der Waals surface area contributed by atoms with Gasteiger partial charge >= 0.3 is 0 Å². The van der Waals surface area contributed by atoms with Gasteiger partial charge in [0.1, 0.15) is 6.67 Å². The van der Waals surface area contributed by atoms with Crippen molar-refractivity contribution in [1.29, 1.82) is 0 Å². The van der Waals surface area contributed by atoms with E-state index in [0.717, 1.165) is 33.3 Å². The molecule has 2 nitrogen and oxygen atoms in total. The maximum Gasteiger partial charge on any atom is 0.107 e. The molecule has 0 unspecified atom stereocenters. The number of halogens is 1. The van der Waals surface area contributed by atoms with Crippen LogP contribution >= 0.6 is 0 Å². The van der Waals surface area contributed by atoms with Gasteiger partial charge in [-0.15, -0.1) is 0 Å². The third-order valence-corrected chi connectivity index (χ3v) is 3.51. The second kappa shape index (κ2) is 5.83. The van der Waals surface area contributed by atoms with Crippen LogP contribution in [0.3, 0.4) is 0 Å². The lowest BCUT2D eigenvalue weighted by molar-refractivity contribution is 0.513. The van der Waals surface area contributed by atoms with E-state index in [1.807, 2.05) is 36.4 Å². The van der Waals surface area contributed by atoms with Gasteiger partial charge in [0.25, 0.3) is 0 Å². The van der Waals surface area contributed by atoms with E-state index < -0.39 is 0 Å². The summed E-state index contributed by atoms with van der Waals surface area (Å²) in [4.78, 5) is 0. The van der Waals surface area contributed by atoms with E-state index in [1.54, 1.807) is 0 Å². The monoisotopic (exact) mass is 279 g/mol. The molecule has 0 spiro atoms. The Balaban J connectivity index is 1.95. The van der Waals surface area contributed by atoms with E-state index in [0.29, 0.717) is 6.54 Å². The minimum absolute atomic E-state index is 0.342. The lowest BCUT2D eigenvalue weighted by Gasteiger charge is -2.08. The zero-order chi connectivity index (χ0) is 14.7. The van der Waals surface area contributed by atoms with Gasteiger partial charge in [-0.05, 0) is 52.2 Å². The summed E-state index contributed by atoms with van der Waals surface area (Å²) in [6.45, 7) is -0.0247. The van der Waals surface area contributed by atoms with Crippen molar-refractivity contribution in [1.82, 2.24) is 0 Å². The molecule has 0 aliphatic heterocycles. The molecule has 3 N–H and O–H groups in total. The first-order valence-electron chi connectivity index (χ1n) is 6.96. The summed E-state index contributed by atoms with van der Waals surface area (Å²) in [6.07, 6.45) is 0. The molecule has 3 aromatic rings. The Kier molecular flexibility index (Phi) is 3.73. The number of hydrogen-bond donors (Lipinski definition) is 2. The van der Waals surface area contributed by atoms with E-state index in [4.69, 9.17) is 5.73 Å². The lowest BCUT2D eigenvalue weighted by atomic mass is 10.0. The first-order chi connectivity index (χ1) is 10.3. The number of nitrogens with two attached hydrogens (primary N) is 1. The van der Waals surface area contributed by atoms with Crippen LogP contribution in [0.15, 0.2) is 60.7 Å². The van der Waals surface area contributed by atoms with Crippen molar-refractivity contribution in [2.24, 2.45) is 0 Å². The molecule has 3 rings (SSSR count). The smallest absolute Gasteiger partial charge is 0.107 e. The number of anilines is 2. The minimum atomic E-state index is -0.367. The predicted molar refractivity (Wildman–Crippen MR) is 88.3 cm³/mol. The highest BCUT2D eigenvalue weighted by molar-refractivity contribution is 5.89. The van der Waals surface area contributed by atoms with Crippen LogP contribution in [-0.2, 0) is 0 Å². The topological polar surface area (TPSA) is 38.0 Å². The van der Waals surface area contributed by atoms with Gasteiger partial charge < -0.3 is 11.1 Å². The van der Waals surface area contributed by atoms with Crippen molar-refractivity contribution < 1.29 is 4.39 Å². The number of nitrogen functional groups attached to an aromatic ring is 1. The van der Waals surface area contributed by atoms with E-state index >= 15 is 0 Å². The van der Waals surface area contributed by atoms with Crippen molar-refractivity contribution in [3.63, 3.8) is 0 Å². The highest BCUT2D eigenvalue weighted by Gasteiger charge is 2.01. The van der Waals surface area contributed by atoms with Gasteiger partial charge in [-0.1, -0.05) is 30.3 Å². The molecule has 106 valence electrons. The maximum atomic E-state index is 12.2. The Morgan fingerprint density at radius 1 is 0.810 bits per heavy atom. The average molecular weight is 279 g/mol. The average Bonchev–Trinajstić information content (AvgIpc) is 2.53. The molecule has 0 radical (unpaired) electrons. The Morgan fingerprint density at radius 3 is 2.24 bits per heavy atom. The molecule has 0 saturated carbocycles. The molecular weight excluding hydrogens is 262 g/mol. The molecule has 3 heteroatoms. The van der Waals surface area contributed by atoms with Crippen LogP contribution in [0.5, 0.6) is 0 Å². The van der Waals surface area contributed by atoms with Crippen LogP contribution < -0.4 is 11.1 Å². The van der Waals surface area contributed by atoms with Crippen LogP contribution in [0.25, 0.3) is 21.9 Å². The van der Waals surface area contributed by atoms with E-state index in [1.165, 1.54) is 0 Å². The van der Waals surface area contributed by atoms with Gasteiger partial charge in [0, 0.05) is 17.9 Å². The predicted octanol–water partition coefficient (Wildman–Crippen LogP) is 4.47. The molecule has 21 heavy (non-hydrogen) atoms. The maximum absolute atomic E-state index is 12.2. The van der Waals surface area contributed by atoms with E-state index in [9.17, 15) is 4.39 Å². The summed E-state index contributed by atoms with van der Waals surface area (Å²) in [5.74, 6) is 0. The van der Waals surface area contributed by atoms with E-state index in [2.05, 4.69) is 29.6 Å². The summed E-state index contributed by atoms with van der Waals surface area (Å²) >= 11 is 0. The fourth-order valence-corrected chi connectivity index (χ4v) is 2.40. The number of nitrogens with one attached hydrogen (secondary N) is 1. The van der Waals surface area contributed by atoms with Gasteiger partial charge in [-0.2, -0.15) is 0 Å². The largest absolute Gasteiger partial charge is 0.399 e. The van der Waals surface area contributed by atoms with Crippen molar-refractivity contribution >= 4 is 22.1 Å². The summed E-state index contributed by atoms with van der Waals surface area (Å²) in [5, 5.41) is 5.35. The second-order valence-electron chi connectivity index (χ2n) is 5.01. The summed E-state index contributed by atoms with van der Waals surface area (Å²) in [6, 6.07) is 20.3. The molecule has 0 amide bonds. The summed E-state index contributed by atoms with van der Waals surface area (Å²) in [7, 11) is 0. The Morgan fingerprint density at radius 2 is 1.48 bits per heavy atom. The van der Waals surface area contributed by atoms with Gasteiger partial charge in [0.05, 0.1) is 0 Å². The molecule has 0 bridgehead atoms. The second-order valence-corrected chi connectivity index (χ2v) is 5.01. The summed E-state index contributed by atoms with van der Waals surface area (Å²) in [5.41, 5.74) is 9.73. The normalized spacial score (nSPS) is 10.7. The molecule has 0 aliphatic rings. The van der Waals surface area contributed by atoms with Crippen LogP contribution in [0.1, 0.15) is 0 Å². The molecule has 0 fully saturated rings. The molecule has 0 aromatic heterocycles. The fourth-order valence-electron chi connectivity index (χ4n) is 2.40. The van der Waals surface area contributed by atoms with Gasteiger partial charge in [0.2, 0.25) is 0 Å². The quantitative estimate of drug-likeness (QED) is 0.691. The number of hydrogen-bond acceptors (Lipinski definition) is 2. The SMILES string of the molecule is Nc1ccc(-c2ccc3cc(NCC[18F])ccc3c2)cc1. The van der Waals surface area contributed by atoms with Gasteiger partial charge in [0.15, 0.2) is 0 Å². The highest BCUT2D eigenvalue weighted by Crippen LogP contribution is 2.26. The fraction of sp³-hybridized carbons (Fsp3) is 0.111. The standard InChI is InChI=1S/C18H17FN2/c19-9-10-21-18-8-5-15-11-14(1-2-16(15)12-18)13-3-6-17(20)7-4-13/h1-8,11-12,21H,9-10,20H2/i19-1. The van der Waals surface area contributed by atoms with Gasteiger partial charge in [-0.3, -0.25) is 0 Å². The van der Waals surface area contributed by atoms with Crippen molar-refractivity contribution in [2.45, 2.75) is 0 Å². The van der Waals surface area contributed by atoms with Crippen molar-refractivity contribution in [3.8, 4) is 11.1 Å². The summed E-state index contributed by atoms with van der Waals surface area (Å²) < 4.78 is 12.2. The zero-order valence-corrected chi connectivity index (χ0v) is 11.6. The third kappa shape index (κ3) is 2.97. The number of benzene rings is 3. The van der Waals surface area contributed by atoms with Crippen LogP contribution in [0.2, 0.25) is 0 Å². The molecule has 0 saturated heterocycles. The minimum Gasteiger partial charge on any atom is -0.399 e. The number of rotatable bonds is 4. The first-order valence-corrected chi connectivity index (χ1v) is 6.96. The molecule has 0 atom stereocenters. The Labute approximate surface area is 123 Å². The van der Waals surface area contributed by atoms with Crippen LogP contribution in [-0.4, -0.2) is 13.2 Å². The van der Waals surface area contributed by atoms with Crippen molar-refractivity contribution in [2.75, 3.05) is 24.3 Å². The lowest BCUT2D eigenvalue weighted by Crippen LogP contribution is -2.02. The highest BCUT2D eigenvalue weighted by atomic mass is 18.2. The number of fused-ring (bicyclic) bond motifs is 1. The van der Waals surface area contributed by atoms with Gasteiger partial charge in [-0.25, -0.2) is 4.39 Å². The van der Waals surface area contributed by atoms with Crippen molar-refractivity contribution in [3.05, 3.63) is 60.7 Å². The van der Waals surface area contributed by atoms with Crippen LogP contribution in [0, 0.1) is 0 Å². The molecule has 3 aromatic carbocycles. The van der Waals surface area contributed by atoms with E-state index in [-0.39, 0.29) is 6.67 Å². The zero-order valence-electron chi connectivity index (χ0n) is 11.6. The molecule has 0 heterocycles. The number of alkyl halides is 1. The van der Waals surface area contributed by atoms with Crippen LogP contribution in [0.4, 0.5) is 15.8 Å². The Hall–Kier alpha value is -2.55.